The number of aliphatic carboxylic acids is 1. The van der Waals surface area contributed by atoms with Gasteiger partial charge in [0.1, 0.15) is 0 Å². The van der Waals surface area contributed by atoms with Crippen LogP contribution in [0.5, 0.6) is 0 Å². The van der Waals surface area contributed by atoms with Crippen molar-refractivity contribution in [2.24, 2.45) is 29.1 Å². The minimum Gasteiger partial charge on any atom is -0.481 e. The summed E-state index contributed by atoms with van der Waals surface area (Å²) >= 11 is 0. The van der Waals surface area contributed by atoms with E-state index in [0.717, 1.165) is 5.92 Å². The van der Waals surface area contributed by atoms with E-state index < -0.39 is 5.97 Å². The molecular formula is C12H20O2. The van der Waals surface area contributed by atoms with E-state index in [1.165, 1.54) is 19.3 Å². The maximum Gasteiger partial charge on any atom is 0.306 e. The molecule has 14 heavy (non-hydrogen) atoms. The van der Waals surface area contributed by atoms with E-state index in [0.29, 0.717) is 11.8 Å². The fourth-order valence-electron chi connectivity index (χ4n) is 4.10. The topological polar surface area (TPSA) is 37.3 Å². The molecule has 0 spiro atoms. The quantitative estimate of drug-likeness (QED) is 0.737. The van der Waals surface area contributed by atoms with E-state index in [9.17, 15) is 4.79 Å². The zero-order valence-corrected chi connectivity index (χ0v) is 9.29. The standard InChI is InChI=1S/C12H20O2/c1-7(11(13)14)10-8-4-5-9(6-8)12(10,2)3/h7-10H,4-6H2,1-3H3,(H,13,14). The summed E-state index contributed by atoms with van der Waals surface area (Å²) < 4.78 is 0. The second-order valence-corrected chi connectivity index (χ2v) is 5.74. The molecular weight excluding hydrogens is 176 g/mol. The van der Waals surface area contributed by atoms with Gasteiger partial charge >= 0.3 is 5.97 Å². The highest BCUT2D eigenvalue weighted by Crippen LogP contribution is 2.61. The van der Waals surface area contributed by atoms with Crippen molar-refractivity contribution >= 4 is 5.97 Å². The molecule has 2 nitrogen and oxygen atoms in total. The molecule has 1 N–H and O–H groups in total. The predicted molar refractivity (Wildman–Crippen MR) is 54.9 cm³/mol. The fourth-order valence-corrected chi connectivity index (χ4v) is 4.10. The Bertz CT molecular complexity index is 257. The first-order valence-electron chi connectivity index (χ1n) is 5.67. The van der Waals surface area contributed by atoms with Gasteiger partial charge in [-0.1, -0.05) is 20.8 Å². The summed E-state index contributed by atoms with van der Waals surface area (Å²) in [5, 5.41) is 9.10. The molecule has 0 heterocycles. The largest absolute Gasteiger partial charge is 0.481 e. The number of fused-ring (bicyclic) bond motifs is 2. The lowest BCUT2D eigenvalue weighted by Crippen LogP contribution is -2.37. The van der Waals surface area contributed by atoms with Crippen LogP contribution in [-0.2, 0) is 4.79 Å². The monoisotopic (exact) mass is 196 g/mol. The number of rotatable bonds is 2. The Morgan fingerprint density at radius 1 is 1.43 bits per heavy atom. The third kappa shape index (κ3) is 1.19. The van der Waals surface area contributed by atoms with Crippen molar-refractivity contribution in [1.82, 2.24) is 0 Å². The zero-order chi connectivity index (χ0) is 10.5. The average Bonchev–Trinajstić information content (AvgIpc) is 2.60. The Morgan fingerprint density at radius 3 is 2.50 bits per heavy atom. The van der Waals surface area contributed by atoms with Crippen LogP contribution in [0.25, 0.3) is 0 Å². The molecule has 0 saturated heterocycles. The van der Waals surface area contributed by atoms with Crippen molar-refractivity contribution in [3.05, 3.63) is 0 Å². The van der Waals surface area contributed by atoms with Crippen molar-refractivity contribution in [2.45, 2.75) is 40.0 Å². The molecule has 0 aromatic heterocycles. The van der Waals surface area contributed by atoms with E-state index in [1.54, 1.807) is 0 Å². The maximum absolute atomic E-state index is 11.1. The lowest BCUT2D eigenvalue weighted by Gasteiger charge is -2.40. The van der Waals surface area contributed by atoms with Crippen LogP contribution < -0.4 is 0 Å². The van der Waals surface area contributed by atoms with Gasteiger partial charge in [0.2, 0.25) is 0 Å². The van der Waals surface area contributed by atoms with Gasteiger partial charge in [-0.15, -0.1) is 0 Å². The summed E-state index contributed by atoms with van der Waals surface area (Å²) in [5.41, 5.74) is 0.251. The number of hydrogen-bond acceptors (Lipinski definition) is 1. The van der Waals surface area contributed by atoms with E-state index in [1.807, 2.05) is 6.92 Å². The third-order valence-corrected chi connectivity index (χ3v) is 4.82. The first-order valence-corrected chi connectivity index (χ1v) is 5.67. The van der Waals surface area contributed by atoms with Gasteiger partial charge in [0.15, 0.2) is 0 Å². The number of carbonyl (C=O) groups is 1. The minimum atomic E-state index is -0.615. The maximum atomic E-state index is 11.1. The second-order valence-electron chi connectivity index (χ2n) is 5.74. The molecule has 0 radical (unpaired) electrons. The summed E-state index contributed by atoms with van der Waals surface area (Å²) in [4.78, 5) is 11.1. The van der Waals surface area contributed by atoms with Gasteiger partial charge in [-0.05, 0) is 42.4 Å². The van der Waals surface area contributed by atoms with Gasteiger partial charge in [0, 0.05) is 0 Å². The van der Waals surface area contributed by atoms with Crippen LogP contribution in [0, 0.1) is 29.1 Å². The molecule has 0 aromatic carbocycles. The lowest BCUT2D eigenvalue weighted by molar-refractivity contribution is -0.145. The molecule has 4 atom stereocenters. The summed E-state index contributed by atoms with van der Waals surface area (Å²) in [5.74, 6) is 1.08. The predicted octanol–water partition coefficient (Wildman–Crippen LogP) is 2.78. The van der Waals surface area contributed by atoms with Crippen molar-refractivity contribution in [3.63, 3.8) is 0 Å². The van der Waals surface area contributed by atoms with Crippen LogP contribution in [0.4, 0.5) is 0 Å². The Morgan fingerprint density at radius 2 is 2.07 bits per heavy atom. The van der Waals surface area contributed by atoms with Crippen LogP contribution >= 0.6 is 0 Å². The molecule has 0 amide bonds. The molecule has 80 valence electrons. The van der Waals surface area contributed by atoms with Gasteiger partial charge in [0.05, 0.1) is 5.92 Å². The van der Waals surface area contributed by atoms with Crippen molar-refractivity contribution < 1.29 is 9.90 Å². The molecule has 2 rings (SSSR count). The molecule has 0 aromatic rings. The molecule has 4 unspecified atom stereocenters. The number of hydrogen-bond donors (Lipinski definition) is 1. The fraction of sp³-hybridized carbons (Fsp3) is 0.917. The first-order chi connectivity index (χ1) is 6.44. The molecule has 2 fully saturated rings. The molecule has 2 saturated carbocycles. The van der Waals surface area contributed by atoms with Gasteiger partial charge in [-0.2, -0.15) is 0 Å². The van der Waals surface area contributed by atoms with E-state index in [4.69, 9.17) is 5.11 Å². The molecule has 2 bridgehead atoms. The summed E-state index contributed by atoms with van der Waals surface area (Å²) in [7, 11) is 0. The van der Waals surface area contributed by atoms with E-state index in [-0.39, 0.29) is 11.3 Å². The molecule has 2 heteroatoms. The van der Waals surface area contributed by atoms with Crippen LogP contribution in [0.2, 0.25) is 0 Å². The highest BCUT2D eigenvalue weighted by Gasteiger charge is 2.55. The SMILES string of the molecule is CC(C(=O)O)C1C2CCC(C2)C1(C)C. The van der Waals surface area contributed by atoms with Gasteiger partial charge in [0.25, 0.3) is 0 Å². The minimum absolute atomic E-state index is 0.166. The van der Waals surface area contributed by atoms with Crippen LogP contribution in [0.15, 0.2) is 0 Å². The van der Waals surface area contributed by atoms with Gasteiger partial charge in [-0.25, -0.2) is 0 Å². The van der Waals surface area contributed by atoms with Crippen LogP contribution in [0.3, 0.4) is 0 Å². The normalized spacial score (nSPS) is 41.2. The van der Waals surface area contributed by atoms with E-state index >= 15 is 0 Å². The molecule has 2 aliphatic rings. The Balaban J connectivity index is 2.23. The Hall–Kier alpha value is -0.530. The first kappa shape index (κ1) is 10.0. The number of carboxylic acids is 1. The highest BCUT2D eigenvalue weighted by atomic mass is 16.4. The third-order valence-electron chi connectivity index (χ3n) is 4.82. The van der Waals surface area contributed by atoms with Crippen molar-refractivity contribution in [2.75, 3.05) is 0 Å². The average molecular weight is 196 g/mol. The Kier molecular flexibility index (Phi) is 2.13. The van der Waals surface area contributed by atoms with Crippen molar-refractivity contribution in [1.29, 1.82) is 0 Å². The summed E-state index contributed by atoms with van der Waals surface area (Å²) in [6.45, 7) is 6.41. The van der Waals surface area contributed by atoms with Crippen LogP contribution in [-0.4, -0.2) is 11.1 Å². The smallest absolute Gasteiger partial charge is 0.306 e. The highest BCUT2D eigenvalue weighted by molar-refractivity contribution is 5.70. The van der Waals surface area contributed by atoms with Gasteiger partial charge < -0.3 is 5.11 Å². The molecule has 0 aliphatic heterocycles. The summed E-state index contributed by atoms with van der Waals surface area (Å²) in [6.07, 6.45) is 3.85. The molecule has 2 aliphatic carbocycles. The van der Waals surface area contributed by atoms with Gasteiger partial charge in [-0.3, -0.25) is 4.79 Å². The lowest BCUT2D eigenvalue weighted by atomic mass is 9.64. The van der Waals surface area contributed by atoms with E-state index in [2.05, 4.69) is 13.8 Å². The number of carboxylic acid groups (broad SMARTS) is 1. The second kappa shape index (κ2) is 2.98. The van der Waals surface area contributed by atoms with Crippen LogP contribution in [0.1, 0.15) is 40.0 Å². The van der Waals surface area contributed by atoms with Crippen molar-refractivity contribution in [3.8, 4) is 0 Å². The Labute approximate surface area is 85.7 Å². The zero-order valence-electron chi connectivity index (χ0n) is 9.29. The summed E-state index contributed by atoms with van der Waals surface area (Å²) in [6, 6.07) is 0.